The highest BCUT2D eigenvalue weighted by molar-refractivity contribution is 5.49. The second kappa shape index (κ2) is 6.65. The van der Waals surface area contributed by atoms with Crippen LogP contribution in [0.2, 0.25) is 0 Å². The minimum atomic E-state index is -0.400. The van der Waals surface area contributed by atoms with Gasteiger partial charge in [-0.05, 0) is 12.5 Å². The monoisotopic (exact) mass is 284 g/mol. The van der Waals surface area contributed by atoms with Crippen molar-refractivity contribution in [3.05, 3.63) is 75.3 Å². The first-order valence-electron chi connectivity index (χ1n) is 6.60. The van der Waals surface area contributed by atoms with Gasteiger partial charge in [-0.25, -0.2) is 0 Å². The van der Waals surface area contributed by atoms with Gasteiger partial charge >= 0.3 is 0 Å². The molecule has 2 aromatic carbocycles. The highest BCUT2D eigenvalue weighted by atomic mass is 16.6. The second-order valence-corrected chi connectivity index (χ2v) is 4.84. The quantitative estimate of drug-likeness (QED) is 0.503. The summed E-state index contributed by atoms with van der Waals surface area (Å²) in [6.45, 7) is 1.98. The Hall–Kier alpha value is -2.69. The molecular weight excluding hydrogens is 268 g/mol. The Morgan fingerprint density at radius 3 is 2.48 bits per heavy atom. The van der Waals surface area contributed by atoms with Crippen molar-refractivity contribution in [1.82, 2.24) is 5.32 Å². The van der Waals surface area contributed by atoms with E-state index < -0.39 is 4.92 Å². The molecule has 5 heteroatoms. The maximum Gasteiger partial charge on any atom is 0.272 e. The molecule has 2 aromatic rings. The number of carbonyl (C=O) groups excluding carboxylic acids is 1. The van der Waals surface area contributed by atoms with E-state index in [0.29, 0.717) is 18.4 Å². The Morgan fingerprint density at radius 1 is 1.19 bits per heavy atom. The Kier molecular flexibility index (Phi) is 4.66. The lowest BCUT2D eigenvalue weighted by Crippen LogP contribution is -2.22. The molecule has 0 fully saturated rings. The smallest absolute Gasteiger partial charge is 0.272 e. The molecule has 0 spiro atoms. The van der Waals surface area contributed by atoms with E-state index in [9.17, 15) is 14.9 Å². The van der Waals surface area contributed by atoms with E-state index in [1.807, 2.05) is 31.2 Å². The summed E-state index contributed by atoms with van der Waals surface area (Å²) in [5.41, 5.74) is 2.71. The van der Waals surface area contributed by atoms with Crippen molar-refractivity contribution in [3.8, 4) is 0 Å². The van der Waals surface area contributed by atoms with Crippen LogP contribution in [-0.2, 0) is 11.2 Å². The summed E-state index contributed by atoms with van der Waals surface area (Å²) in [7, 11) is 0. The Labute approximate surface area is 122 Å². The Bertz CT molecular complexity index is 638. The number of para-hydroxylation sites is 1. The topological polar surface area (TPSA) is 72.2 Å². The number of nitrogens with zero attached hydrogens (tertiary/aromatic N) is 1. The van der Waals surface area contributed by atoms with Crippen molar-refractivity contribution in [2.45, 2.75) is 19.4 Å². The zero-order valence-electron chi connectivity index (χ0n) is 11.7. The van der Waals surface area contributed by atoms with Gasteiger partial charge in [0.05, 0.1) is 11.0 Å². The number of nitrogens with one attached hydrogen (secondary N) is 1. The zero-order valence-corrected chi connectivity index (χ0v) is 11.7. The number of nitro benzene ring substituents is 1. The highest BCUT2D eigenvalue weighted by Gasteiger charge is 2.18. The summed E-state index contributed by atoms with van der Waals surface area (Å²) in [6.07, 6.45) is 0.998. The number of amides is 1. The SMILES string of the molecule is Cc1ccc([C@H](Cc2ccccc2[N+](=O)[O-])NC=O)cc1. The van der Waals surface area contributed by atoms with Gasteiger partial charge in [-0.2, -0.15) is 0 Å². The minimum Gasteiger partial charge on any atom is -0.352 e. The van der Waals surface area contributed by atoms with Gasteiger partial charge in [0.1, 0.15) is 0 Å². The molecule has 108 valence electrons. The summed E-state index contributed by atoms with van der Waals surface area (Å²) < 4.78 is 0. The van der Waals surface area contributed by atoms with Crippen molar-refractivity contribution in [3.63, 3.8) is 0 Å². The molecule has 0 saturated carbocycles. The molecule has 0 heterocycles. The summed E-state index contributed by atoms with van der Waals surface area (Å²) in [5, 5.41) is 13.8. The van der Waals surface area contributed by atoms with Crippen molar-refractivity contribution < 1.29 is 9.72 Å². The maximum absolute atomic E-state index is 11.1. The summed E-state index contributed by atoms with van der Waals surface area (Å²) in [5.74, 6) is 0. The molecule has 1 N–H and O–H groups in total. The van der Waals surface area contributed by atoms with Crippen LogP contribution < -0.4 is 5.32 Å². The fourth-order valence-electron chi connectivity index (χ4n) is 2.24. The average Bonchev–Trinajstić information content (AvgIpc) is 2.48. The third kappa shape index (κ3) is 3.66. The number of rotatable bonds is 6. The lowest BCUT2D eigenvalue weighted by atomic mass is 9.97. The molecular formula is C16H16N2O3. The molecule has 1 atom stereocenters. The molecule has 2 rings (SSSR count). The molecule has 5 nitrogen and oxygen atoms in total. The summed E-state index contributed by atoms with van der Waals surface area (Å²) >= 11 is 0. The normalized spacial score (nSPS) is 11.7. The fourth-order valence-corrected chi connectivity index (χ4v) is 2.24. The molecule has 0 radical (unpaired) electrons. The second-order valence-electron chi connectivity index (χ2n) is 4.84. The van der Waals surface area contributed by atoms with Gasteiger partial charge in [-0.1, -0.05) is 48.0 Å². The van der Waals surface area contributed by atoms with Crippen LogP contribution in [0.4, 0.5) is 5.69 Å². The standard InChI is InChI=1S/C16H16N2O3/c1-12-6-8-13(9-7-12)15(17-11-19)10-14-4-2-3-5-16(14)18(20)21/h2-9,11,15H,10H2,1H3,(H,17,19)/t15-/m0/s1. The number of carbonyl (C=O) groups is 1. The van der Waals surface area contributed by atoms with E-state index >= 15 is 0 Å². The van der Waals surface area contributed by atoms with E-state index in [2.05, 4.69) is 5.32 Å². The van der Waals surface area contributed by atoms with Crippen LogP contribution in [0.15, 0.2) is 48.5 Å². The molecule has 0 aliphatic heterocycles. The van der Waals surface area contributed by atoms with E-state index in [0.717, 1.165) is 11.1 Å². The number of hydrogen-bond acceptors (Lipinski definition) is 3. The van der Waals surface area contributed by atoms with Gasteiger partial charge in [0, 0.05) is 18.1 Å². The first-order valence-corrected chi connectivity index (χ1v) is 6.60. The van der Waals surface area contributed by atoms with Crippen molar-refractivity contribution in [2.75, 3.05) is 0 Å². The van der Waals surface area contributed by atoms with E-state index in [1.165, 1.54) is 6.07 Å². The van der Waals surface area contributed by atoms with Crippen molar-refractivity contribution in [2.24, 2.45) is 0 Å². The molecule has 21 heavy (non-hydrogen) atoms. The van der Waals surface area contributed by atoms with Gasteiger partial charge in [0.2, 0.25) is 6.41 Å². The summed E-state index contributed by atoms with van der Waals surface area (Å²) in [6, 6.07) is 14.0. The van der Waals surface area contributed by atoms with E-state index in [4.69, 9.17) is 0 Å². The van der Waals surface area contributed by atoms with Gasteiger partial charge < -0.3 is 5.32 Å². The number of benzene rings is 2. The maximum atomic E-state index is 11.1. The molecule has 0 aromatic heterocycles. The van der Waals surface area contributed by atoms with Crippen molar-refractivity contribution in [1.29, 1.82) is 0 Å². The van der Waals surface area contributed by atoms with Gasteiger partial charge in [-0.15, -0.1) is 0 Å². The number of nitro groups is 1. The van der Waals surface area contributed by atoms with E-state index in [-0.39, 0.29) is 11.7 Å². The van der Waals surface area contributed by atoms with Gasteiger partial charge in [0.25, 0.3) is 5.69 Å². The molecule has 0 unspecified atom stereocenters. The lowest BCUT2D eigenvalue weighted by Gasteiger charge is -2.17. The van der Waals surface area contributed by atoms with Crippen LogP contribution in [0.3, 0.4) is 0 Å². The van der Waals surface area contributed by atoms with Gasteiger partial charge in [0.15, 0.2) is 0 Å². The van der Waals surface area contributed by atoms with Crippen LogP contribution in [0.1, 0.15) is 22.7 Å². The average molecular weight is 284 g/mol. The predicted octanol–water partition coefficient (Wildman–Crippen LogP) is 2.93. The minimum absolute atomic E-state index is 0.0716. The molecule has 0 aliphatic rings. The molecule has 0 bridgehead atoms. The van der Waals surface area contributed by atoms with Crippen LogP contribution in [0.5, 0.6) is 0 Å². The number of aryl methyl sites for hydroxylation is 1. The number of hydrogen-bond donors (Lipinski definition) is 1. The molecule has 0 saturated heterocycles. The van der Waals surface area contributed by atoms with Gasteiger partial charge in [-0.3, -0.25) is 14.9 Å². The predicted molar refractivity (Wildman–Crippen MR) is 79.9 cm³/mol. The first-order chi connectivity index (χ1) is 10.1. The largest absolute Gasteiger partial charge is 0.352 e. The Morgan fingerprint density at radius 2 is 1.86 bits per heavy atom. The van der Waals surface area contributed by atoms with Crippen LogP contribution >= 0.6 is 0 Å². The van der Waals surface area contributed by atoms with E-state index in [1.54, 1.807) is 18.2 Å². The Balaban J connectivity index is 2.30. The molecule has 0 aliphatic carbocycles. The van der Waals surface area contributed by atoms with Crippen LogP contribution in [0, 0.1) is 17.0 Å². The lowest BCUT2D eigenvalue weighted by molar-refractivity contribution is -0.385. The highest BCUT2D eigenvalue weighted by Crippen LogP contribution is 2.25. The third-order valence-electron chi connectivity index (χ3n) is 3.36. The first kappa shape index (κ1) is 14.7. The van der Waals surface area contributed by atoms with Crippen LogP contribution in [0.25, 0.3) is 0 Å². The molecule has 1 amide bonds. The fraction of sp³-hybridized carbons (Fsp3) is 0.188. The zero-order chi connectivity index (χ0) is 15.2. The van der Waals surface area contributed by atoms with Crippen LogP contribution in [-0.4, -0.2) is 11.3 Å². The summed E-state index contributed by atoms with van der Waals surface area (Å²) in [4.78, 5) is 21.5. The third-order valence-corrected chi connectivity index (χ3v) is 3.36. The van der Waals surface area contributed by atoms with Crippen molar-refractivity contribution >= 4 is 12.1 Å².